The number of nitrogens with one attached hydrogen (secondary N) is 1. The summed E-state index contributed by atoms with van der Waals surface area (Å²) in [4.78, 5) is 31.3. The molecular formula is C14H21N3O3. The summed E-state index contributed by atoms with van der Waals surface area (Å²) in [6.45, 7) is 7.66. The van der Waals surface area contributed by atoms with Crippen molar-refractivity contribution in [3.05, 3.63) is 23.8 Å². The van der Waals surface area contributed by atoms with Crippen LogP contribution in [0.15, 0.2) is 12.5 Å². The highest BCUT2D eigenvalue weighted by Crippen LogP contribution is 2.16. The molecule has 1 atom stereocenters. The van der Waals surface area contributed by atoms with Crippen LogP contribution in [-0.4, -0.2) is 33.0 Å². The highest BCUT2D eigenvalue weighted by molar-refractivity contribution is 5.97. The van der Waals surface area contributed by atoms with Crippen molar-refractivity contribution in [1.29, 1.82) is 0 Å². The predicted molar refractivity (Wildman–Crippen MR) is 74.5 cm³/mol. The Morgan fingerprint density at radius 3 is 2.45 bits per heavy atom. The SMILES string of the molecule is CC(C)C[C@@H](NC(=O)c1cncnc1C(C)C)C(=O)O. The first kappa shape index (κ1) is 16.1. The van der Waals surface area contributed by atoms with Crippen molar-refractivity contribution in [2.75, 3.05) is 0 Å². The molecule has 20 heavy (non-hydrogen) atoms. The van der Waals surface area contributed by atoms with Gasteiger partial charge in [-0.05, 0) is 18.3 Å². The quantitative estimate of drug-likeness (QED) is 0.828. The second-order valence-electron chi connectivity index (χ2n) is 5.47. The summed E-state index contributed by atoms with van der Waals surface area (Å²) >= 11 is 0. The van der Waals surface area contributed by atoms with E-state index in [0.717, 1.165) is 0 Å². The monoisotopic (exact) mass is 279 g/mol. The van der Waals surface area contributed by atoms with E-state index in [1.54, 1.807) is 0 Å². The van der Waals surface area contributed by atoms with Crippen LogP contribution in [0.2, 0.25) is 0 Å². The van der Waals surface area contributed by atoms with E-state index in [-0.39, 0.29) is 11.8 Å². The maximum Gasteiger partial charge on any atom is 0.326 e. The Hall–Kier alpha value is -1.98. The summed E-state index contributed by atoms with van der Waals surface area (Å²) in [6, 6.07) is -0.900. The van der Waals surface area contributed by atoms with Gasteiger partial charge in [0.1, 0.15) is 12.4 Å². The Labute approximate surface area is 118 Å². The van der Waals surface area contributed by atoms with E-state index >= 15 is 0 Å². The molecule has 0 bridgehead atoms. The largest absolute Gasteiger partial charge is 0.480 e. The molecule has 1 amide bonds. The third kappa shape index (κ3) is 4.29. The third-order valence-electron chi connectivity index (χ3n) is 2.85. The van der Waals surface area contributed by atoms with E-state index in [0.29, 0.717) is 17.7 Å². The lowest BCUT2D eigenvalue weighted by Crippen LogP contribution is -2.42. The molecule has 1 heterocycles. The van der Waals surface area contributed by atoms with Crippen LogP contribution in [0.5, 0.6) is 0 Å². The zero-order valence-corrected chi connectivity index (χ0v) is 12.3. The highest BCUT2D eigenvalue weighted by Gasteiger charge is 2.24. The van der Waals surface area contributed by atoms with Crippen molar-refractivity contribution in [3.63, 3.8) is 0 Å². The van der Waals surface area contributed by atoms with Gasteiger partial charge in [0.05, 0.1) is 11.3 Å². The number of hydrogen-bond acceptors (Lipinski definition) is 4. The number of rotatable bonds is 6. The third-order valence-corrected chi connectivity index (χ3v) is 2.85. The molecular weight excluding hydrogens is 258 g/mol. The number of carboxylic acids is 1. The molecule has 0 aliphatic carbocycles. The normalized spacial score (nSPS) is 12.5. The van der Waals surface area contributed by atoms with E-state index in [1.807, 2.05) is 27.7 Å². The Morgan fingerprint density at radius 2 is 1.95 bits per heavy atom. The van der Waals surface area contributed by atoms with Crippen LogP contribution >= 0.6 is 0 Å². The van der Waals surface area contributed by atoms with Gasteiger partial charge in [-0.3, -0.25) is 4.79 Å². The highest BCUT2D eigenvalue weighted by atomic mass is 16.4. The van der Waals surface area contributed by atoms with Crippen molar-refractivity contribution in [3.8, 4) is 0 Å². The summed E-state index contributed by atoms with van der Waals surface area (Å²) in [7, 11) is 0. The molecule has 0 aliphatic heterocycles. The van der Waals surface area contributed by atoms with Crippen LogP contribution in [-0.2, 0) is 4.79 Å². The maximum absolute atomic E-state index is 12.2. The fraction of sp³-hybridized carbons (Fsp3) is 0.571. The molecule has 6 heteroatoms. The van der Waals surface area contributed by atoms with E-state index in [9.17, 15) is 9.59 Å². The topological polar surface area (TPSA) is 92.2 Å². The number of aromatic nitrogens is 2. The van der Waals surface area contributed by atoms with E-state index in [4.69, 9.17) is 5.11 Å². The van der Waals surface area contributed by atoms with Gasteiger partial charge in [-0.1, -0.05) is 27.7 Å². The molecule has 1 rings (SSSR count). The minimum absolute atomic E-state index is 0.0622. The molecule has 6 nitrogen and oxygen atoms in total. The zero-order valence-electron chi connectivity index (χ0n) is 12.3. The van der Waals surface area contributed by atoms with Crippen molar-refractivity contribution in [2.24, 2.45) is 5.92 Å². The summed E-state index contributed by atoms with van der Waals surface area (Å²) in [5.74, 6) is -1.24. The summed E-state index contributed by atoms with van der Waals surface area (Å²) in [6.07, 6.45) is 3.19. The molecule has 0 aromatic carbocycles. The van der Waals surface area contributed by atoms with Crippen molar-refractivity contribution < 1.29 is 14.7 Å². The molecule has 0 spiro atoms. The molecule has 0 radical (unpaired) electrons. The van der Waals surface area contributed by atoms with Crippen LogP contribution in [0.4, 0.5) is 0 Å². The fourth-order valence-corrected chi connectivity index (χ4v) is 1.90. The lowest BCUT2D eigenvalue weighted by molar-refractivity contribution is -0.139. The minimum Gasteiger partial charge on any atom is -0.480 e. The average Bonchev–Trinajstić information content (AvgIpc) is 2.37. The molecule has 0 saturated heterocycles. The van der Waals surface area contributed by atoms with Gasteiger partial charge in [0.15, 0.2) is 0 Å². The van der Waals surface area contributed by atoms with E-state index in [1.165, 1.54) is 12.5 Å². The number of carboxylic acid groups (broad SMARTS) is 1. The average molecular weight is 279 g/mol. The van der Waals surface area contributed by atoms with Gasteiger partial charge in [0.25, 0.3) is 5.91 Å². The lowest BCUT2D eigenvalue weighted by Gasteiger charge is -2.17. The van der Waals surface area contributed by atoms with Gasteiger partial charge in [-0.25, -0.2) is 14.8 Å². The van der Waals surface area contributed by atoms with Gasteiger partial charge in [-0.15, -0.1) is 0 Å². The first-order valence-electron chi connectivity index (χ1n) is 6.66. The van der Waals surface area contributed by atoms with Crippen molar-refractivity contribution in [1.82, 2.24) is 15.3 Å². The number of aliphatic carboxylic acids is 1. The smallest absolute Gasteiger partial charge is 0.326 e. The summed E-state index contributed by atoms with van der Waals surface area (Å²) in [5, 5.41) is 11.7. The summed E-state index contributed by atoms with van der Waals surface area (Å²) < 4.78 is 0. The molecule has 0 unspecified atom stereocenters. The zero-order chi connectivity index (χ0) is 15.3. The summed E-state index contributed by atoms with van der Waals surface area (Å²) in [5.41, 5.74) is 0.948. The standard InChI is InChI=1S/C14H21N3O3/c1-8(2)5-11(14(19)20)17-13(18)10-6-15-7-16-12(10)9(3)4/h6-9,11H,5H2,1-4H3,(H,17,18)(H,19,20)/t11-/m1/s1. The molecule has 0 aliphatic rings. The van der Waals surface area contributed by atoms with Gasteiger partial charge in [0, 0.05) is 6.20 Å². The molecule has 110 valence electrons. The van der Waals surface area contributed by atoms with Crippen LogP contribution < -0.4 is 5.32 Å². The van der Waals surface area contributed by atoms with Crippen LogP contribution in [0.3, 0.4) is 0 Å². The number of amides is 1. The van der Waals surface area contributed by atoms with E-state index < -0.39 is 17.9 Å². The van der Waals surface area contributed by atoms with Crippen LogP contribution in [0.1, 0.15) is 56.1 Å². The molecule has 2 N–H and O–H groups in total. The van der Waals surface area contributed by atoms with Gasteiger partial charge < -0.3 is 10.4 Å². The molecule has 1 aromatic heterocycles. The number of hydrogen-bond donors (Lipinski definition) is 2. The van der Waals surface area contributed by atoms with Gasteiger partial charge in [0.2, 0.25) is 0 Å². The second-order valence-corrected chi connectivity index (χ2v) is 5.47. The second kappa shape index (κ2) is 6.98. The molecule has 1 aromatic rings. The van der Waals surface area contributed by atoms with E-state index in [2.05, 4.69) is 15.3 Å². The Balaban J connectivity index is 2.92. The Morgan fingerprint density at radius 1 is 1.30 bits per heavy atom. The first-order chi connectivity index (χ1) is 9.32. The number of carbonyl (C=O) groups excluding carboxylic acids is 1. The fourth-order valence-electron chi connectivity index (χ4n) is 1.90. The lowest BCUT2D eigenvalue weighted by atomic mass is 10.0. The predicted octanol–water partition coefficient (Wildman–Crippen LogP) is 1.83. The van der Waals surface area contributed by atoms with Crippen LogP contribution in [0.25, 0.3) is 0 Å². The molecule has 0 fully saturated rings. The maximum atomic E-state index is 12.2. The van der Waals surface area contributed by atoms with Gasteiger partial charge >= 0.3 is 5.97 Å². The Kier molecular flexibility index (Phi) is 5.61. The Bertz CT molecular complexity index is 486. The number of carbonyl (C=O) groups is 2. The van der Waals surface area contributed by atoms with Crippen molar-refractivity contribution in [2.45, 2.75) is 46.1 Å². The van der Waals surface area contributed by atoms with Gasteiger partial charge in [-0.2, -0.15) is 0 Å². The first-order valence-corrected chi connectivity index (χ1v) is 6.66. The minimum atomic E-state index is -1.03. The van der Waals surface area contributed by atoms with Crippen molar-refractivity contribution >= 4 is 11.9 Å². The van der Waals surface area contributed by atoms with Crippen LogP contribution in [0, 0.1) is 5.92 Å². The number of nitrogens with zero attached hydrogens (tertiary/aromatic N) is 2. The molecule has 0 saturated carbocycles.